The monoisotopic (exact) mass is 258 g/mol. The van der Waals surface area contributed by atoms with Gasteiger partial charge in [-0.05, 0) is 54.9 Å². The third-order valence-electron chi connectivity index (χ3n) is 3.15. The molecule has 0 aromatic heterocycles. The molecule has 0 spiro atoms. The van der Waals surface area contributed by atoms with Gasteiger partial charge in [0.1, 0.15) is 5.82 Å². The van der Waals surface area contributed by atoms with Crippen LogP contribution >= 0.6 is 0 Å². The Kier molecular flexibility index (Phi) is 4.17. The Morgan fingerprint density at radius 3 is 2.58 bits per heavy atom. The van der Waals surface area contributed by atoms with E-state index in [0.717, 1.165) is 29.9 Å². The van der Waals surface area contributed by atoms with Gasteiger partial charge >= 0.3 is 0 Å². The van der Waals surface area contributed by atoms with Crippen LogP contribution in [0.25, 0.3) is 0 Å². The minimum Gasteiger partial charge on any atom is -0.399 e. The lowest BCUT2D eigenvalue weighted by Crippen LogP contribution is -2.18. The van der Waals surface area contributed by atoms with E-state index in [4.69, 9.17) is 5.73 Å². The molecule has 0 radical (unpaired) electrons. The van der Waals surface area contributed by atoms with Crippen LogP contribution in [0, 0.1) is 12.7 Å². The summed E-state index contributed by atoms with van der Waals surface area (Å²) in [6, 6.07) is 12.8. The van der Waals surface area contributed by atoms with Gasteiger partial charge in [0.05, 0.1) is 0 Å². The van der Waals surface area contributed by atoms with Crippen molar-refractivity contribution in [3.8, 4) is 0 Å². The number of aryl methyl sites for hydroxylation is 1. The third-order valence-corrected chi connectivity index (χ3v) is 3.15. The lowest BCUT2D eigenvalue weighted by atomic mass is 10.1. The van der Waals surface area contributed by atoms with Crippen molar-refractivity contribution in [3.63, 3.8) is 0 Å². The van der Waals surface area contributed by atoms with Crippen LogP contribution in [0.4, 0.5) is 10.1 Å². The smallest absolute Gasteiger partial charge is 0.123 e. The fourth-order valence-corrected chi connectivity index (χ4v) is 2.19. The molecule has 2 aromatic carbocycles. The first-order chi connectivity index (χ1) is 9.04. The fourth-order valence-electron chi connectivity index (χ4n) is 2.19. The van der Waals surface area contributed by atoms with Crippen LogP contribution in [0.15, 0.2) is 42.5 Å². The summed E-state index contributed by atoms with van der Waals surface area (Å²) in [6.45, 7) is 3.55. The van der Waals surface area contributed by atoms with Crippen molar-refractivity contribution in [2.45, 2.75) is 20.0 Å². The molecule has 0 saturated carbocycles. The summed E-state index contributed by atoms with van der Waals surface area (Å²) in [6.07, 6.45) is 0. The highest BCUT2D eigenvalue weighted by Gasteiger charge is 2.05. The number of halogens is 1. The highest BCUT2D eigenvalue weighted by molar-refractivity contribution is 5.40. The Balaban J connectivity index is 2.03. The van der Waals surface area contributed by atoms with E-state index in [0.29, 0.717) is 0 Å². The van der Waals surface area contributed by atoms with Gasteiger partial charge < -0.3 is 5.73 Å². The van der Waals surface area contributed by atoms with E-state index in [2.05, 4.69) is 11.0 Å². The standard InChI is InChI=1S/C16H19FN2/c1-12-8-15(17)7-6-14(12)11-19(2)10-13-4-3-5-16(18)9-13/h3-9H,10-11,18H2,1-2H3. The molecule has 0 atom stereocenters. The first-order valence-corrected chi connectivity index (χ1v) is 6.32. The molecule has 3 heteroatoms. The number of anilines is 1. The Bertz CT molecular complexity index is 566. The summed E-state index contributed by atoms with van der Waals surface area (Å²) in [5, 5.41) is 0. The lowest BCUT2D eigenvalue weighted by Gasteiger charge is -2.18. The molecule has 0 aliphatic rings. The zero-order valence-corrected chi connectivity index (χ0v) is 11.4. The van der Waals surface area contributed by atoms with Crippen molar-refractivity contribution < 1.29 is 4.39 Å². The van der Waals surface area contributed by atoms with Crippen LogP contribution in [0.3, 0.4) is 0 Å². The molecule has 0 heterocycles. The number of benzene rings is 2. The van der Waals surface area contributed by atoms with Crippen LogP contribution in [0.2, 0.25) is 0 Å². The van der Waals surface area contributed by atoms with Crippen LogP contribution < -0.4 is 5.73 Å². The van der Waals surface area contributed by atoms with Crippen molar-refractivity contribution >= 4 is 5.69 Å². The van der Waals surface area contributed by atoms with Gasteiger partial charge in [-0.3, -0.25) is 4.90 Å². The zero-order valence-electron chi connectivity index (χ0n) is 11.4. The SMILES string of the molecule is Cc1cc(F)ccc1CN(C)Cc1cccc(N)c1. The number of nitrogens with zero attached hydrogens (tertiary/aromatic N) is 1. The van der Waals surface area contributed by atoms with Gasteiger partial charge in [0.25, 0.3) is 0 Å². The molecule has 2 aromatic rings. The molecule has 100 valence electrons. The van der Waals surface area contributed by atoms with Gasteiger partial charge in [0.2, 0.25) is 0 Å². The minimum absolute atomic E-state index is 0.181. The third kappa shape index (κ3) is 3.80. The quantitative estimate of drug-likeness (QED) is 0.852. The number of nitrogen functional groups attached to an aromatic ring is 1. The normalized spacial score (nSPS) is 10.9. The predicted molar refractivity (Wildman–Crippen MR) is 77.2 cm³/mol. The van der Waals surface area contributed by atoms with Gasteiger partial charge in [0.15, 0.2) is 0 Å². The second-order valence-electron chi connectivity index (χ2n) is 4.99. The molecule has 0 amide bonds. The molecule has 0 unspecified atom stereocenters. The first-order valence-electron chi connectivity index (χ1n) is 6.32. The average molecular weight is 258 g/mol. The van der Waals surface area contributed by atoms with Crippen molar-refractivity contribution in [2.75, 3.05) is 12.8 Å². The summed E-state index contributed by atoms with van der Waals surface area (Å²) in [4.78, 5) is 2.19. The van der Waals surface area contributed by atoms with Crippen molar-refractivity contribution in [1.29, 1.82) is 0 Å². The number of hydrogen-bond donors (Lipinski definition) is 1. The number of rotatable bonds is 4. The van der Waals surface area contributed by atoms with Crippen molar-refractivity contribution in [1.82, 2.24) is 4.90 Å². The van der Waals surface area contributed by atoms with Gasteiger partial charge in [0, 0.05) is 18.8 Å². The zero-order chi connectivity index (χ0) is 13.8. The van der Waals surface area contributed by atoms with Gasteiger partial charge in [-0.2, -0.15) is 0 Å². The lowest BCUT2D eigenvalue weighted by molar-refractivity contribution is 0.318. The van der Waals surface area contributed by atoms with Crippen LogP contribution in [-0.4, -0.2) is 11.9 Å². The Morgan fingerprint density at radius 2 is 1.89 bits per heavy atom. The Hall–Kier alpha value is -1.87. The molecular formula is C16H19FN2. The van der Waals surface area contributed by atoms with Crippen molar-refractivity contribution in [2.24, 2.45) is 0 Å². The topological polar surface area (TPSA) is 29.3 Å². The number of nitrogens with two attached hydrogens (primary N) is 1. The van der Waals surface area contributed by atoms with Crippen LogP contribution in [-0.2, 0) is 13.1 Å². The molecule has 2 rings (SSSR count). The molecular weight excluding hydrogens is 239 g/mol. The average Bonchev–Trinajstić information content (AvgIpc) is 2.33. The molecule has 0 bridgehead atoms. The van der Waals surface area contributed by atoms with Gasteiger partial charge in [-0.1, -0.05) is 18.2 Å². The summed E-state index contributed by atoms with van der Waals surface area (Å²) in [5.74, 6) is -0.181. The summed E-state index contributed by atoms with van der Waals surface area (Å²) >= 11 is 0. The molecule has 19 heavy (non-hydrogen) atoms. The summed E-state index contributed by atoms with van der Waals surface area (Å²) in [5.41, 5.74) is 9.86. The van der Waals surface area contributed by atoms with Crippen LogP contribution in [0.5, 0.6) is 0 Å². The maximum Gasteiger partial charge on any atom is 0.123 e. The second kappa shape index (κ2) is 5.85. The highest BCUT2D eigenvalue weighted by atomic mass is 19.1. The van der Waals surface area contributed by atoms with E-state index in [1.165, 1.54) is 11.6 Å². The molecule has 2 nitrogen and oxygen atoms in total. The Labute approximate surface area is 113 Å². The highest BCUT2D eigenvalue weighted by Crippen LogP contribution is 2.14. The molecule has 0 aliphatic heterocycles. The maximum absolute atomic E-state index is 13.0. The van der Waals surface area contributed by atoms with E-state index < -0.39 is 0 Å². The minimum atomic E-state index is -0.181. The van der Waals surface area contributed by atoms with E-state index >= 15 is 0 Å². The Morgan fingerprint density at radius 1 is 1.11 bits per heavy atom. The maximum atomic E-state index is 13.0. The first kappa shape index (κ1) is 13.6. The summed E-state index contributed by atoms with van der Waals surface area (Å²) in [7, 11) is 2.05. The van der Waals surface area contributed by atoms with E-state index in [1.54, 1.807) is 6.07 Å². The molecule has 0 aliphatic carbocycles. The van der Waals surface area contributed by atoms with Crippen molar-refractivity contribution in [3.05, 3.63) is 65.0 Å². The largest absolute Gasteiger partial charge is 0.399 e. The second-order valence-corrected chi connectivity index (χ2v) is 4.99. The molecule has 0 saturated heterocycles. The summed E-state index contributed by atoms with van der Waals surface area (Å²) < 4.78 is 13.0. The number of hydrogen-bond acceptors (Lipinski definition) is 2. The van der Waals surface area contributed by atoms with Gasteiger partial charge in [-0.15, -0.1) is 0 Å². The van der Waals surface area contributed by atoms with Gasteiger partial charge in [-0.25, -0.2) is 4.39 Å². The molecule has 2 N–H and O–H groups in total. The van der Waals surface area contributed by atoms with E-state index in [1.807, 2.05) is 38.2 Å². The van der Waals surface area contributed by atoms with E-state index in [9.17, 15) is 4.39 Å². The fraction of sp³-hybridized carbons (Fsp3) is 0.250. The predicted octanol–water partition coefficient (Wildman–Crippen LogP) is 3.35. The van der Waals surface area contributed by atoms with Crippen LogP contribution in [0.1, 0.15) is 16.7 Å². The molecule has 0 fully saturated rings. The van der Waals surface area contributed by atoms with E-state index in [-0.39, 0.29) is 5.82 Å².